The van der Waals surface area contributed by atoms with Gasteiger partial charge >= 0.3 is 0 Å². The van der Waals surface area contributed by atoms with Gasteiger partial charge in [0.05, 0.1) is 6.10 Å². The van der Waals surface area contributed by atoms with E-state index >= 15 is 0 Å². The van der Waals surface area contributed by atoms with E-state index < -0.39 is 0 Å². The number of piperidine rings is 1. The average molecular weight is 225 g/mol. The number of ether oxygens (including phenoxy) is 1. The second-order valence-electron chi connectivity index (χ2n) is 6.10. The van der Waals surface area contributed by atoms with Crippen LogP contribution in [0.5, 0.6) is 0 Å². The zero-order valence-corrected chi connectivity index (χ0v) is 11.3. The minimum atomic E-state index is 0.542. The molecule has 0 amide bonds. The molecule has 2 aliphatic rings. The van der Waals surface area contributed by atoms with E-state index in [0.29, 0.717) is 6.10 Å². The number of hydrogen-bond acceptors (Lipinski definition) is 2. The van der Waals surface area contributed by atoms with Crippen molar-refractivity contribution in [2.24, 2.45) is 11.8 Å². The molecule has 94 valence electrons. The highest BCUT2D eigenvalue weighted by molar-refractivity contribution is 4.93. The molecule has 16 heavy (non-hydrogen) atoms. The molecule has 2 nitrogen and oxygen atoms in total. The molecule has 2 fully saturated rings. The normalized spacial score (nSPS) is 41.1. The van der Waals surface area contributed by atoms with Crippen LogP contribution in [0.2, 0.25) is 0 Å². The van der Waals surface area contributed by atoms with Gasteiger partial charge in [0.1, 0.15) is 0 Å². The van der Waals surface area contributed by atoms with Gasteiger partial charge in [-0.25, -0.2) is 0 Å². The first-order valence-electron chi connectivity index (χ1n) is 6.90. The van der Waals surface area contributed by atoms with Crippen molar-refractivity contribution >= 4 is 0 Å². The Hall–Kier alpha value is -0.0800. The summed E-state index contributed by atoms with van der Waals surface area (Å²) < 4.78 is 5.38. The molecule has 0 aromatic heterocycles. The van der Waals surface area contributed by atoms with E-state index in [1.54, 1.807) is 0 Å². The van der Waals surface area contributed by atoms with Crippen LogP contribution in [0.15, 0.2) is 0 Å². The van der Waals surface area contributed by atoms with Gasteiger partial charge in [-0.15, -0.1) is 0 Å². The zero-order valence-electron chi connectivity index (χ0n) is 11.3. The van der Waals surface area contributed by atoms with Crippen LogP contribution in [-0.2, 0) is 4.74 Å². The summed E-state index contributed by atoms with van der Waals surface area (Å²) in [6.45, 7) is 8.47. The molecular formula is C14H27NO. The van der Waals surface area contributed by atoms with Crippen LogP contribution in [0.1, 0.15) is 46.5 Å². The quantitative estimate of drug-likeness (QED) is 0.732. The lowest BCUT2D eigenvalue weighted by atomic mass is 9.79. The van der Waals surface area contributed by atoms with Crippen LogP contribution < -0.4 is 0 Å². The summed E-state index contributed by atoms with van der Waals surface area (Å²) in [6.07, 6.45) is 5.85. The molecule has 1 aliphatic heterocycles. The van der Waals surface area contributed by atoms with Crippen molar-refractivity contribution in [1.29, 1.82) is 0 Å². The fraction of sp³-hybridized carbons (Fsp3) is 1.00. The van der Waals surface area contributed by atoms with Gasteiger partial charge in [0.2, 0.25) is 0 Å². The monoisotopic (exact) mass is 225 g/mol. The van der Waals surface area contributed by atoms with E-state index in [2.05, 4.69) is 25.7 Å². The van der Waals surface area contributed by atoms with Gasteiger partial charge in [-0.05, 0) is 51.0 Å². The summed E-state index contributed by atoms with van der Waals surface area (Å²) in [5.74, 6) is 1.81. The predicted molar refractivity (Wildman–Crippen MR) is 67.5 cm³/mol. The summed E-state index contributed by atoms with van der Waals surface area (Å²) in [5, 5.41) is 0. The maximum Gasteiger partial charge on any atom is 0.0601 e. The highest BCUT2D eigenvalue weighted by Crippen LogP contribution is 2.35. The van der Waals surface area contributed by atoms with Crippen molar-refractivity contribution in [3.05, 3.63) is 0 Å². The smallest absolute Gasteiger partial charge is 0.0601 e. The fourth-order valence-electron chi connectivity index (χ4n) is 3.38. The number of likely N-dealkylation sites (tertiary alicyclic amines) is 1. The molecular weight excluding hydrogens is 198 g/mol. The number of hydrogen-bond donors (Lipinski definition) is 0. The van der Waals surface area contributed by atoms with Crippen molar-refractivity contribution in [3.63, 3.8) is 0 Å². The third kappa shape index (κ3) is 2.43. The second kappa shape index (κ2) is 5.05. The lowest BCUT2D eigenvalue weighted by Gasteiger charge is -2.49. The number of methoxy groups -OCH3 is 1. The second-order valence-corrected chi connectivity index (χ2v) is 6.10. The molecule has 2 heteroatoms. The van der Waals surface area contributed by atoms with Crippen LogP contribution in [0.3, 0.4) is 0 Å². The Kier molecular flexibility index (Phi) is 3.91. The van der Waals surface area contributed by atoms with Crippen molar-refractivity contribution in [3.8, 4) is 0 Å². The Balaban J connectivity index is 1.81. The minimum absolute atomic E-state index is 0.542. The lowest BCUT2D eigenvalue weighted by molar-refractivity contribution is -0.0548. The molecule has 0 aromatic rings. The highest BCUT2D eigenvalue weighted by atomic mass is 16.5. The zero-order chi connectivity index (χ0) is 11.7. The van der Waals surface area contributed by atoms with E-state index in [-0.39, 0.29) is 0 Å². The maximum atomic E-state index is 5.38. The van der Waals surface area contributed by atoms with Crippen molar-refractivity contribution < 1.29 is 4.74 Å². The van der Waals surface area contributed by atoms with E-state index in [4.69, 9.17) is 4.74 Å². The topological polar surface area (TPSA) is 12.5 Å². The standard InChI is InChI=1S/C14H27NO/c1-10(2)12-5-6-15(11(3)7-12)13-8-14(9-13)16-4/h10-14H,5-9H2,1-4H3/t11-,12+,13?,14?/m0/s1. The summed E-state index contributed by atoms with van der Waals surface area (Å²) in [7, 11) is 1.84. The molecule has 1 saturated heterocycles. The van der Waals surface area contributed by atoms with Gasteiger partial charge in [-0.1, -0.05) is 13.8 Å². The Bertz CT molecular complexity index is 223. The largest absolute Gasteiger partial charge is 0.381 e. The SMILES string of the molecule is COC1CC(N2CC[C@@H](C(C)C)C[C@@H]2C)C1. The Morgan fingerprint density at radius 1 is 1.19 bits per heavy atom. The van der Waals surface area contributed by atoms with Crippen LogP contribution >= 0.6 is 0 Å². The molecule has 1 heterocycles. The summed E-state index contributed by atoms with van der Waals surface area (Å²) in [6, 6.07) is 1.59. The van der Waals surface area contributed by atoms with Crippen LogP contribution in [0, 0.1) is 11.8 Å². The van der Waals surface area contributed by atoms with Gasteiger partial charge in [0.25, 0.3) is 0 Å². The van der Waals surface area contributed by atoms with Crippen molar-refractivity contribution in [1.82, 2.24) is 4.90 Å². The number of rotatable bonds is 3. The van der Waals surface area contributed by atoms with Gasteiger partial charge in [0.15, 0.2) is 0 Å². The maximum absolute atomic E-state index is 5.38. The Morgan fingerprint density at radius 3 is 2.38 bits per heavy atom. The molecule has 0 aromatic carbocycles. The lowest BCUT2D eigenvalue weighted by Crippen LogP contribution is -2.54. The minimum Gasteiger partial charge on any atom is -0.381 e. The van der Waals surface area contributed by atoms with Gasteiger partial charge in [0, 0.05) is 19.2 Å². The van der Waals surface area contributed by atoms with Crippen LogP contribution in [-0.4, -0.2) is 36.7 Å². The third-order valence-electron chi connectivity index (χ3n) is 4.78. The van der Waals surface area contributed by atoms with E-state index in [9.17, 15) is 0 Å². The van der Waals surface area contributed by atoms with Gasteiger partial charge in [-0.3, -0.25) is 4.90 Å². The average Bonchev–Trinajstić information content (AvgIpc) is 2.18. The first-order valence-corrected chi connectivity index (χ1v) is 6.90. The first-order chi connectivity index (χ1) is 7.61. The number of nitrogens with zero attached hydrogens (tertiary/aromatic N) is 1. The van der Waals surface area contributed by atoms with E-state index in [0.717, 1.165) is 23.9 Å². The summed E-state index contributed by atoms with van der Waals surface area (Å²) >= 11 is 0. The highest BCUT2D eigenvalue weighted by Gasteiger charge is 2.38. The van der Waals surface area contributed by atoms with Crippen molar-refractivity contribution in [2.45, 2.75) is 64.6 Å². The predicted octanol–water partition coefficient (Wildman–Crippen LogP) is 2.92. The molecule has 2 rings (SSSR count). The van der Waals surface area contributed by atoms with Crippen LogP contribution in [0.4, 0.5) is 0 Å². The Morgan fingerprint density at radius 2 is 1.88 bits per heavy atom. The van der Waals surface area contributed by atoms with Crippen LogP contribution in [0.25, 0.3) is 0 Å². The molecule has 0 unspecified atom stereocenters. The molecule has 1 aliphatic carbocycles. The van der Waals surface area contributed by atoms with Crippen molar-refractivity contribution in [2.75, 3.05) is 13.7 Å². The van der Waals surface area contributed by atoms with E-state index in [1.165, 1.54) is 32.2 Å². The molecule has 0 radical (unpaired) electrons. The molecule has 0 N–H and O–H groups in total. The van der Waals surface area contributed by atoms with Gasteiger partial charge < -0.3 is 4.74 Å². The summed E-state index contributed by atoms with van der Waals surface area (Å²) in [5.41, 5.74) is 0. The summed E-state index contributed by atoms with van der Waals surface area (Å²) in [4.78, 5) is 2.73. The van der Waals surface area contributed by atoms with E-state index in [1.807, 2.05) is 7.11 Å². The molecule has 0 spiro atoms. The van der Waals surface area contributed by atoms with Gasteiger partial charge in [-0.2, -0.15) is 0 Å². The third-order valence-corrected chi connectivity index (χ3v) is 4.78. The molecule has 2 atom stereocenters. The fourth-order valence-corrected chi connectivity index (χ4v) is 3.38. The Labute approximate surface area is 100 Å². The molecule has 0 bridgehead atoms. The first kappa shape index (κ1) is 12.4. The molecule has 1 saturated carbocycles.